The third-order valence-electron chi connectivity index (χ3n) is 2.84. The van der Waals surface area contributed by atoms with Gasteiger partial charge in [-0.2, -0.15) is 5.26 Å². The lowest BCUT2D eigenvalue weighted by Gasteiger charge is -2.10. The summed E-state index contributed by atoms with van der Waals surface area (Å²) < 4.78 is 15.0. The van der Waals surface area contributed by atoms with Crippen LogP contribution in [0.25, 0.3) is 0 Å². The maximum atomic E-state index is 13.2. The molecule has 1 aromatic carbocycles. The Bertz CT molecular complexity index is 731. The molecule has 0 N–H and O–H groups in total. The van der Waals surface area contributed by atoms with Gasteiger partial charge in [0.25, 0.3) is 5.56 Å². The predicted molar refractivity (Wildman–Crippen MR) is 73.4 cm³/mol. The molecule has 0 aliphatic heterocycles. The van der Waals surface area contributed by atoms with E-state index in [1.54, 1.807) is 25.1 Å². The fraction of sp³-hybridized carbons (Fsp3) is 0.143. The van der Waals surface area contributed by atoms with Crippen LogP contribution in [0, 0.1) is 24.1 Å². The van der Waals surface area contributed by atoms with Crippen LogP contribution in [0.15, 0.2) is 39.6 Å². The van der Waals surface area contributed by atoms with Gasteiger partial charge in [-0.1, -0.05) is 6.07 Å². The van der Waals surface area contributed by atoms with Crippen molar-refractivity contribution in [2.75, 3.05) is 0 Å². The molecule has 0 bridgehead atoms. The average Bonchev–Trinajstić information content (AvgIpc) is 2.39. The summed E-state index contributed by atoms with van der Waals surface area (Å²) in [5, 5.41) is 8.86. The van der Waals surface area contributed by atoms with Crippen LogP contribution in [0.5, 0.6) is 0 Å². The number of hydrogen-bond donors (Lipinski definition) is 0. The standard InChI is InChI=1S/C14H10BrFN2O/c1-9-2-4-11(7-17)14(19)18(9)8-10-3-5-13(16)12(15)6-10/h2-6H,8H2,1H3. The lowest BCUT2D eigenvalue weighted by atomic mass is 10.2. The highest BCUT2D eigenvalue weighted by Crippen LogP contribution is 2.17. The molecule has 0 saturated heterocycles. The second-order valence-corrected chi connectivity index (χ2v) is 4.99. The van der Waals surface area contributed by atoms with Crippen molar-refractivity contribution in [1.82, 2.24) is 4.57 Å². The minimum atomic E-state index is -0.349. The molecular weight excluding hydrogens is 311 g/mol. The number of aromatic nitrogens is 1. The van der Waals surface area contributed by atoms with Gasteiger partial charge in [-0.3, -0.25) is 4.79 Å². The Balaban J connectivity index is 2.46. The van der Waals surface area contributed by atoms with E-state index in [1.807, 2.05) is 6.07 Å². The Morgan fingerprint density at radius 2 is 2.11 bits per heavy atom. The first-order valence-electron chi connectivity index (χ1n) is 5.57. The van der Waals surface area contributed by atoms with Gasteiger partial charge in [-0.25, -0.2) is 4.39 Å². The van der Waals surface area contributed by atoms with Crippen LogP contribution < -0.4 is 5.56 Å². The summed E-state index contributed by atoms with van der Waals surface area (Å²) in [5.74, 6) is -0.349. The molecule has 0 amide bonds. The molecule has 1 heterocycles. The Hall–Kier alpha value is -1.93. The maximum absolute atomic E-state index is 13.2. The lowest BCUT2D eigenvalue weighted by Crippen LogP contribution is -2.24. The first kappa shape index (κ1) is 13.5. The minimum Gasteiger partial charge on any atom is -0.307 e. The predicted octanol–water partition coefficient (Wildman–Crippen LogP) is 2.98. The van der Waals surface area contributed by atoms with Crippen LogP contribution in [0.2, 0.25) is 0 Å². The summed E-state index contributed by atoms with van der Waals surface area (Å²) >= 11 is 3.11. The van der Waals surface area contributed by atoms with Crippen molar-refractivity contribution in [3.05, 3.63) is 67.8 Å². The van der Waals surface area contributed by atoms with E-state index >= 15 is 0 Å². The quantitative estimate of drug-likeness (QED) is 0.854. The van der Waals surface area contributed by atoms with Crippen LogP contribution in [0.4, 0.5) is 4.39 Å². The molecule has 2 aromatic rings. The average molecular weight is 321 g/mol. The van der Waals surface area contributed by atoms with E-state index in [9.17, 15) is 9.18 Å². The fourth-order valence-corrected chi connectivity index (χ4v) is 2.20. The molecular formula is C14H10BrFN2O. The Kier molecular flexibility index (Phi) is 3.82. The molecule has 0 radical (unpaired) electrons. The highest BCUT2D eigenvalue weighted by molar-refractivity contribution is 9.10. The molecule has 2 rings (SSSR count). The van der Waals surface area contributed by atoms with E-state index in [4.69, 9.17) is 5.26 Å². The van der Waals surface area contributed by atoms with Gasteiger partial charge in [-0.05, 0) is 52.7 Å². The summed E-state index contributed by atoms with van der Waals surface area (Å²) in [7, 11) is 0. The molecule has 0 fully saturated rings. The van der Waals surface area contributed by atoms with Crippen LogP contribution in [0.3, 0.4) is 0 Å². The fourth-order valence-electron chi connectivity index (χ4n) is 1.77. The summed E-state index contributed by atoms with van der Waals surface area (Å²) in [4.78, 5) is 12.0. The van der Waals surface area contributed by atoms with E-state index in [0.29, 0.717) is 11.0 Å². The van der Waals surface area contributed by atoms with E-state index in [2.05, 4.69) is 15.9 Å². The van der Waals surface area contributed by atoms with Crippen molar-refractivity contribution >= 4 is 15.9 Å². The van der Waals surface area contributed by atoms with Crippen molar-refractivity contribution in [3.63, 3.8) is 0 Å². The normalized spacial score (nSPS) is 10.2. The number of nitriles is 1. The van der Waals surface area contributed by atoms with Gasteiger partial charge in [0.1, 0.15) is 17.4 Å². The van der Waals surface area contributed by atoms with Crippen molar-refractivity contribution in [2.24, 2.45) is 0 Å². The number of rotatable bonds is 2. The molecule has 0 aliphatic carbocycles. The summed E-state index contributed by atoms with van der Waals surface area (Å²) in [6.07, 6.45) is 0. The van der Waals surface area contributed by atoms with Crippen molar-refractivity contribution in [3.8, 4) is 6.07 Å². The third kappa shape index (κ3) is 2.74. The molecule has 19 heavy (non-hydrogen) atoms. The zero-order valence-corrected chi connectivity index (χ0v) is 11.7. The molecule has 0 unspecified atom stereocenters. The van der Waals surface area contributed by atoms with Gasteiger partial charge in [-0.15, -0.1) is 0 Å². The minimum absolute atomic E-state index is 0.103. The molecule has 96 valence electrons. The number of hydrogen-bond acceptors (Lipinski definition) is 2. The summed E-state index contributed by atoms with van der Waals surface area (Å²) in [6.45, 7) is 2.10. The van der Waals surface area contributed by atoms with Gasteiger partial charge in [0, 0.05) is 5.69 Å². The molecule has 3 nitrogen and oxygen atoms in total. The Morgan fingerprint density at radius 1 is 1.37 bits per heavy atom. The summed E-state index contributed by atoms with van der Waals surface area (Å²) in [5.41, 5.74) is 1.31. The largest absolute Gasteiger partial charge is 0.307 e. The van der Waals surface area contributed by atoms with Gasteiger partial charge in [0.15, 0.2) is 0 Å². The Labute approximate surface area is 118 Å². The molecule has 0 aliphatic rings. The topological polar surface area (TPSA) is 45.8 Å². The van der Waals surface area contributed by atoms with Crippen LogP contribution >= 0.6 is 15.9 Å². The second-order valence-electron chi connectivity index (χ2n) is 4.14. The number of pyridine rings is 1. The van der Waals surface area contributed by atoms with Gasteiger partial charge in [0.2, 0.25) is 0 Å². The monoisotopic (exact) mass is 320 g/mol. The number of benzene rings is 1. The summed E-state index contributed by atoms with van der Waals surface area (Å²) in [6, 6.07) is 9.68. The van der Waals surface area contributed by atoms with Crippen LogP contribution in [0.1, 0.15) is 16.8 Å². The van der Waals surface area contributed by atoms with Gasteiger partial charge in [0.05, 0.1) is 11.0 Å². The van der Waals surface area contributed by atoms with Gasteiger partial charge < -0.3 is 4.57 Å². The highest BCUT2D eigenvalue weighted by atomic mass is 79.9. The van der Waals surface area contributed by atoms with Crippen LogP contribution in [-0.2, 0) is 6.54 Å². The van der Waals surface area contributed by atoms with Gasteiger partial charge >= 0.3 is 0 Å². The first-order chi connectivity index (χ1) is 9.02. The number of nitrogens with zero attached hydrogens (tertiary/aromatic N) is 2. The Morgan fingerprint density at radius 3 is 2.74 bits per heavy atom. The second kappa shape index (κ2) is 5.37. The zero-order chi connectivity index (χ0) is 14.0. The maximum Gasteiger partial charge on any atom is 0.268 e. The van der Waals surface area contributed by atoms with E-state index in [-0.39, 0.29) is 16.9 Å². The number of halogens is 2. The molecule has 0 saturated carbocycles. The zero-order valence-electron chi connectivity index (χ0n) is 10.2. The van der Waals surface area contributed by atoms with Crippen LogP contribution in [-0.4, -0.2) is 4.57 Å². The third-order valence-corrected chi connectivity index (χ3v) is 3.45. The SMILES string of the molecule is Cc1ccc(C#N)c(=O)n1Cc1ccc(F)c(Br)c1. The van der Waals surface area contributed by atoms with Crippen molar-refractivity contribution < 1.29 is 4.39 Å². The molecule has 0 atom stereocenters. The molecule has 5 heteroatoms. The van der Waals surface area contributed by atoms with Crippen molar-refractivity contribution in [1.29, 1.82) is 5.26 Å². The number of aryl methyl sites for hydroxylation is 1. The van der Waals surface area contributed by atoms with E-state index < -0.39 is 0 Å². The van der Waals surface area contributed by atoms with E-state index in [0.717, 1.165) is 11.3 Å². The first-order valence-corrected chi connectivity index (χ1v) is 6.36. The molecule has 0 spiro atoms. The molecule has 1 aromatic heterocycles. The van der Waals surface area contributed by atoms with Crippen molar-refractivity contribution in [2.45, 2.75) is 13.5 Å². The highest BCUT2D eigenvalue weighted by Gasteiger charge is 2.07. The smallest absolute Gasteiger partial charge is 0.268 e. The lowest BCUT2D eigenvalue weighted by molar-refractivity contribution is 0.619. The van der Waals surface area contributed by atoms with E-state index in [1.165, 1.54) is 16.7 Å².